The molecule has 4 heterocycles. The van der Waals surface area contributed by atoms with E-state index in [1.54, 1.807) is 0 Å². The Morgan fingerprint density at radius 1 is 1.05 bits per heavy atom. The summed E-state index contributed by atoms with van der Waals surface area (Å²) in [6.45, 7) is 7.02. The normalized spacial score (nSPS) is 25.1. The van der Waals surface area contributed by atoms with Crippen molar-refractivity contribution >= 4 is 16.3 Å². The average Bonchev–Trinajstić information content (AvgIpc) is 2.81. The summed E-state index contributed by atoms with van der Waals surface area (Å²) in [7, 11) is 0. The SMILES string of the molecule is Cc1ccc(-c2ncc(N3CCN4CCC3CC4)s2)cc1. The van der Waals surface area contributed by atoms with Gasteiger partial charge in [-0.2, -0.15) is 0 Å². The first kappa shape index (κ1) is 13.3. The van der Waals surface area contributed by atoms with E-state index < -0.39 is 0 Å². The Kier molecular flexibility index (Phi) is 3.43. The van der Waals surface area contributed by atoms with Gasteiger partial charge in [0.15, 0.2) is 0 Å². The molecule has 3 nitrogen and oxygen atoms in total. The minimum atomic E-state index is 0.718. The molecule has 3 aliphatic rings. The van der Waals surface area contributed by atoms with Crippen molar-refractivity contribution in [2.45, 2.75) is 25.8 Å². The number of thiazole rings is 1. The second-order valence-corrected chi connectivity index (χ2v) is 7.14. The number of aromatic nitrogens is 1. The third-order valence-electron chi connectivity index (χ3n) is 4.73. The Hall–Kier alpha value is -1.39. The van der Waals surface area contributed by atoms with Gasteiger partial charge in [0, 0.05) is 37.8 Å². The number of hydrogen-bond acceptors (Lipinski definition) is 4. The van der Waals surface area contributed by atoms with Gasteiger partial charge in [-0.1, -0.05) is 41.2 Å². The Morgan fingerprint density at radius 3 is 2.57 bits per heavy atom. The van der Waals surface area contributed by atoms with E-state index in [4.69, 9.17) is 0 Å². The summed E-state index contributed by atoms with van der Waals surface area (Å²) in [6.07, 6.45) is 4.68. The number of rotatable bonds is 2. The maximum Gasteiger partial charge on any atom is 0.125 e. The van der Waals surface area contributed by atoms with Gasteiger partial charge in [-0.05, 0) is 19.8 Å². The Balaban J connectivity index is 1.60. The van der Waals surface area contributed by atoms with E-state index in [0.29, 0.717) is 0 Å². The molecule has 2 bridgehead atoms. The van der Waals surface area contributed by atoms with Crippen molar-refractivity contribution in [3.8, 4) is 10.6 Å². The van der Waals surface area contributed by atoms with Crippen molar-refractivity contribution in [1.29, 1.82) is 0 Å². The van der Waals surface area contributed by atoms with Gasteiger partial charge in [0.1, 0.15) is 10.0 Å². The van der Waals surface area contributed by atoms with Crippen molar-refractivity contribution in [3.05, 3.63) is 36.0 Å². The maximum atomic E-state index is 4.67. The van der Waals surface area contributed by atoms with Crippen molar-refractivity contribution in [1.82, 2.24) is 9.88 Å². The van der Waals surface area contributed by atoms with Crippen LogP contribution in [0.5, 0.6) is 0 Å². The van der Waals surface area contributed by atoms with Gasteiger partial charge < -0.3 is 9.80 Å². The molecule has 0 atom stereocenters. The molecule has 0 aliphatic carbocycles. The molecule has 4 heteroatoms. The van der Waals surface area contributed by atoms with Crippen LogP contribution in [0.15, 0.2) is 30.5 Å². The second-order valence-electron chi connectivity index (χ2n) is 6.14. The van der Waals surface area contributed by atoms with Crippen molar-refractivity contribution in [2.24, 2.45) is 0 Å². The van der Waals surface area contributed by atoms with E-state index in [2.05, 4.69) is 52.2 Å². The van der Waals surface area contributed by atoms with E-state index in [-0.39, 0.29) is 0 Å². The van der Waals surface area contributed by atoms with E-state index in [9.17, 15) is 0 Å². The van der Waals surface area contributed by atoms with Gasteiger partial charge in [-0.25, -0.2) is 4.98 Å². The van der Waals surface area contributed by atoms with E-state index in [1.165, 1.54) is 48.6 Å². The van der Waals surface area contributed by atoms with Crippen molar-refractivity contribution < 1.29 is 0 Å². The van der Waals surface area contributed by atoms with Crippen molar-refractivity contribution in [3.63, 3.8) is 0 Å². The molecule has 3 saturated heterocycles. The molecule has 2 aromatic rings. The average molecular weight is 299 g/mol. The number of benzene rings is 1. The molecule has 3 aliphatic heterocycles. The maximum absolute atomic E-state index is 4.67. The molecule has 1 aromatic heterocycles. The first-order valence-electron chi connectivity index (χ1n) is 7.81. The van der Waals surface area contributed by atoms with Gasteiger partial charge in [0.05, 0.1) is 6.20 Å². The van der Waals surface area contributed by atoms with E-state index in [1.807, 2.05) is 11.3 Å². The van der Waals surface area contributed by atoms with Crippen LogP contribution in [0.25, 0.3) is 10.6 Å². The number of piperidine rings is 1. The number of nitrogens with zero attached hydrogens (tertiary/aromatic N) is 3. The molecule has 0 N–H and O–H groups in total. The molecule has 1 aromatic carbocycles. The predicted molar refractivity (Wildman–Crippen MR) is 89.1 cm³/mol. The monoisotopic (exact) mass is 299 g/mol. The molecule has 110 valence electrons. The van der Waals surface area contributed by atoms with Gasteiger partial charge in [0.2, 0.25) is 0 Å². The minimum absolute atomic E-state index is 0.718. The summed E-state index contributed by atoms with van der Waals surface area (Å²) < 4.78 is 0. The lowest BCUT2D eigenvalue weighted by atomic mass is 10.1. The van der Waals surface area contributed by atoms with Gasteiger partial charge in [-0.3, -0.25) is 0 Å². The lowest BCUT2D eigenvalue weighted by Gasteiger charge is -2.31. The summed E-state index contributed by atoms with van der Waals surface area (Å²) in [6, 6.07) is 9.40. The van der Waals surface area contributed by atoms with Crippen molar-refractivity contribution in [2.75, 3.05) is 31.1 Å². The number of anilines is 1. The zero-order valence-electron chi connectivity index (χ0n) is 12.5. The fourth-order valence-corrected chi connectivity index (χ4v) is 4.42. The van der Waals surface area contributed by atoms with Crippen LogP contribution in [0.4, 0.5) is 5.00 Å². The first-order chi connectivity index (χ1) is 10.3. The molecular weight excluding hydrogens is 278 g/mol. The number of hydrogen-bond donors (Lipinski definition) is 0. The lowest BCUT2D eigenvalue weighted by Crippen LogP contribution is -2.37. The standard InChI is InChI=1S/C17H21N3S/c1-13-2-4-14(5-3-13)17-18-12-16(21-17)20-11-10-19-8-6-15(20)7-9-19/h2-5,12,15H,6-11H2,1H3. The van der Waals surface area contributed by atoms with Crippen LogP contribution in [0, 0.1) is 6.92 Å². The van der Waals surface area contributed by atoms with Crippen LogP contribution in [-0.4, -0.2) is 42.1 Å². The van der Waals surface area contributed by atoms with E-state index >= 15 is 0 Å². The summed E-state index contributed by atoms with van der Waals surface area (Å²) in [5.41, 5.74) is 2.54. The highest BCUT2D eigenvalue weighted by Crippen LogP contribution is 2.34. The molecule has 0 spiro atoms. The summed E-state index contributed by atoms with van der Waals surface area (Å²) in [4.78, 5) is 9.86. The molecule has 0 unspecified atom stereocenters. The quantitative estimate of drug-likeness (QED) is 0.847. The fraction of sp³-hybridized carbons (Fsp3) is 0.471. The Morgan fingerprint density at radius 2 is 1.81 bits per heavy atom. The molecule has 21 heavy (non-hydrogen) atoms. The zero-order chi connectivity index (χ0) is 14.2. The minimum Gasteiger partial charge on any atom is -0.358 e. The lowest BCUT2D eigenvalue weighted by molar-refractivity contribution is 0.250. The fourth-order valence-electron chi connectivity index (χ4n) is 3.40. The highest BCUT2D eigenvalue weighted by Gasteiger charge is 2.30. The van der Waals surface area contributed by atoms with Gasteiger partial charge >= 0.3 is 0 Å². The smallest absolute Gasteiger partial charge is 0.125 e. The van der Waals surface area contributed by atoms with E-state index in [0.717, 1.165) is 17.6 Å². The summed E-state index contributed by atoms with van der Waals surface area (Å²) in [5.74, 6) is 0. The van der Waals surface area contributed by atoms with Crippen LogP contribution in [0.2, 0.25) is 0 Å². The third-order valence-corrected chi connectivity index (χ3v) is 5.81. The van der Waals surface area contributed by atoms with Crippen LogP contribution >= 0.6 is 11.3 Å². The first-order valence-corrected chi connectivity index (χ1v) is 8.63. The van der Waals surface area contributed by atoms with Crippen LogP contribution in [-0.2, 0) is 0 Å². The third kappa shape index (κ3) is 2.58. The number of fused-ring (bicyclic) bond motifs is 4. The van der Waals surface area contributed by atoms with Gasteiger partial charge in [0.25, 0.3) is 0 Å². The molecule has 0 amide bonds. The summed E-state index contributed by atoms with van der Waals surface area (Å²) >= 11 is 1.84. The highest BCUT2D eigenvalue weighted by molar-refractivity contribution is 7.18. The highest BCUT2D eigenvalue weighted by atomic mass is 32.1. The second kappa shape index (κ2) is 5.43. The summed E-state index contributed by atoms with van der Waals surface area (Å²) in [5, 5.41) is 2.49. The number of aryl methyl sites for hydroxylation is 1. The Labute approximate surface area is 130 Å². The van der Waals surface area contributed by atoms with Crippen LogP contribution < -0.4 is 4.90 Å². The Bertz CT molecular complexity index is 611. The molecule has 5 rings (SSSR count). The largest absolute Gasteiger partial charge is 0.358 e. The molecule has 0 saturated carbocycles. The molecule has 3 fully saturated rings. The molecule has 0 radical (unpaired) electrons. The zero-order valence-corrected chi connectivity index (χ0v) is 13.3. The topological polar surface area (TPSA) is 19.4 Å². The van der Waals surface area contributed by atoms with Crippen LogP contribution in [0.1, 0.15) is 18.4 Å². The predicted octanol–water partition coefficient (Wildman–Crippen LogP) is 3.40. The molecular formula is C17H21N3S. The van der Waals surface area contributed by atoms with Crippen LogP contribution in [0.3, 0.4) is 0 Å². The van der Waals surface area contributed by atoms with Gasteiger partial charge in [-0.15, -0.1) is 0 Å².